The lowest BCUT2D eigenvalue weighted by Gasteiger charge is -2.12. The van der Waals surface area contributed by atoms with Crippen molar-refractivity contribution in [3.05, 3.63) is 65.9 Å². The van der Waals surface area contributed by atoms with E-state index in [0.29, 0.717) is 11.5 Å². The number of nitrogens with zero attached hydrogens (tertiary/aromatic N) is 2. The summed E-state index contributed by atoms with van der Waals surface area (Å²) in [5.74, 6) is 0.614. The standard InChI is InChI=1S/C19H21N5/c20-15-11-9-14(10-12-15)17-16(23-19(22)24-18(17)21)8-4-7-13-5-2-1-3-6-13/h1-3,5-6,9-12H,4,7-8,20H2,(H4,21,22,23,24). The molecule has 0 aliphatic rings. The second-order valence-electron chi connectivity index (χ2n) is 5.75. The van der Waals surface area contributed by atoms with Crippen molar-refractivity contribution < 1.29 is 0 Å². The van der Waals surface area contributed by atoms with Gasteiger partial charge >= 0.3 is 0 Å². The van der Waals surface area contributed by atoms with Crippen molar-refractivity contribution in [2.24, 2.45) is 0 Å². The molecule has 0 saturated carbocycles. The third kappa shape index (κ3) is 3.63. The Bertz CT molecular complexity index is 813. The lowest BCUT2D eigenvalue weighted by molar-refractivity contribution is 0.799. The van der Waals surface area contributed by atoms with Gasteiger partial charge in [-0.25, -0.2) is 4.98 Å². The Kier molecular flexibility index (Phi) is 4.61. The van der Waals surface area contributed by atoms with Gasteiger partial charge in [-0.15, -0.1) is 0 Å². The Labute approximate surface area is 141 Å². The summed E-state index contributed by atoms with van der Waals surface area (Å²) >= 11 is 0. The number of anilines is 3. The molecule has 1 heterocycles. The van der Waals surface area contributed by atoms with E-state index < -0.39 is 0 Å². The topological polar surface area (TPSA) is 104 Å². The molecule has 0 aliphatic carbocycles. The molecule has 0 fully saturated rings. The van der Waals surface area contributed by atoms with E-state index >= 15 is 0 Å². The van der Waals surface area contributed by atoms with E-state index in [2.05, 4.69) is 34.2 Å². The normalized spacial score (nSPS) is 10.7. The second kappa shape index (κ2) is 7.00. The monoisotopic (exact) mass is 319 g/mol. The Morgan fingerprint density at radius 1 is 0.750 bits per heavy atom. The van der Waals surface area contributed by atoms with Gasteiger partial charge < -0.3 is 17.2 Å². The van der Waals surface area contributed by atoms with Gasteiger partial charge in [0.25, 0.3) is 0 Å². The van der Waals surface area contributed by atoms with E-state index in [1.165, 1.54) is 5.56 Å². The summed E-state index contributed by atoms with van der Waals surface area (Å²) in [6, 6.07) is 17.9. The van der Waals surface area contributed by atoms with Crippen LogP contribution in [-0.2, 0) is 12.8 Å². The molecular formula is C19H21N5. The van der Waals surface area contributed by atoms with Gasteiger partial charge in [-0.3, -0.25) is 0 Å². The van der Waals surface area contributed by atoms with Crippen LogP contribution < -0.4 is 17.2 Å². The number of hydrogen-bond acceptors (Lipinski definition) is 5. The predicted molar refractivity (Wildman–Crippen MR) is 99.2 cm³/mol. The molecule has 6 N–H and O–H groups in total. The van der Waals surface area contributed by atoms with Crippen LogP contribution in [0.5, 0.6) is 0 Å². The predicted octanol–water partition coefficient (Wildman–Crippen LogP) is 3.07. The lowest BCUT2D eigenvalue weighted by atomic mass is 9.99. The van der Waals surface area contributed by atoms with E-state index in [9.17, 15) is 0 Å². The second-order valence-corrected chi connectivity index (χ2v) is 5.75. The highest BCUT2D eigenvalue weighted by molar-refractivity contribution is 5.77. The fourth-order valence-corrected chi connectivity index (χ4v) is 2.80. The van der Waals surface area contributed by atoms with Crippen LogP contribution in [-0.4, -0.2) is 9.97 Å². The van der Waals surface area contributed by atoms with Crippen LogP contribution in [0.1, 0.15) is 17.7 Å². The molecule has 0 atom stereocenters. The van der Waals surface area contributed by atoms with Crippen molar-refractivity contribution in [3.8, 4) is 11.1 Å². The molecule has 5 heteroatoms. The smallest absolute Gasteiger partial charge is 0.222 e. The number of aryl methyl sites for hydroxylation is 2. The van der Waals surface area contributed by atoms with Crippen LogP contribution in [0.4, 0.5) is 17.5 Å². The highest BCUT2D eigenvalue weighted by atomic mass is 15.0. The van der Waals surface area contributed by atoms with Crippen molar-refractivity contribution in [2.45, 2.75) is 19.3 Å². The minimum Gasteiger partial charge on any atom is -0.399 e. The van der Waals surface area contributed by atoms with E-state index in [0.717, 1.165) is 36.1 Å². The zero-order valence-corrected chi connectivity index (χ0v) is 13.4. The lowest BCUT2D eigenvalue weighted by Crippen LogP contribution is -2.07. The zero-order chi connectivity index (χ0) is 16.9. The summed E-state index contributed by atoms with van der Waals surface area (Å²) in [5.41, 5.74) is 22.4. The molecule has 0 spiro atoms. The Hall–Kier alpha value is -3.08. The molecule has 0 bridgehead atoms. The minimum atomic E-state index is 0.210. The highest BCUT2D eigenvalue weighted by Crippen LogP contribution is 2.29. The molecule has 1 aromatic heterocycles. The quantitative estimate of drug-likeness (QED) is 0.627. The maximum absolute atomic E-state index is 6.11. The number of aromatic nitrogens is 2. The first-order valence-corrected chi connectivity index (χ1v) is 7.95. The van der Waals surface area contributed by atoms with Gasteiger partial charge in [-0.1, -0.05) is 42.5 Å². The van der Waals surface area contributed by atoms with E-state index in [1.54, 1.807) is 0 Å². The van der Waals surface area contributed by atoms with Crippen LogP contribution in [0.15, 0.2) is 54.6 Å². The van der Waals surface area contributed by atoms with Gasteiger partial charge in [-0.05, 0) is 42.5 Å². The SMILES string of the molecule is Nc1ccc(-c2c(N)nc(N)nc2CCCc2ccccc2)cc1. The van der Waals surface area contributed by atoms with Crippen molar-refractivity contribution in [3.63, 3.8) is 0 Å². The molecule has 0 saturated heterocycles. The summed E-state index contributed by atoms with van der Waals surface area (Å²) in [6.45, 7) is 0. The zero-order valence-electron chi connectivity index (χ0n) is 13.4. The molecule has 122 valence electrons. The fraction of sp³-hybridized carbons (Fsp3) is 0.158. The van der Waals surface area contributed by atoms with Gasteiger partial charge in [0.05, 0.1) is 5.69 Å². The number of nitrogens with two attached hydrogens (primary N) is 3. The van der Waals surface area contributed by atoms with Gasteiger partial charge in [0.1, 0.15) is 5.82 Å². The average Bonchev–Trinajstić information content (AvgIpc) is 2.57. The van der Waals surface area contributed by atoms with Gasteiger partial charge in [-0.2, -0.15) is 4.98 Å². The number of rotatable bonds is 5. The molecule has 2 aromatic carbocycles. The number of benzene rings is 2. The molecule has 0 unspecified atom stereocenters. The third-order valence-corrected chi connectivity index (χ3v) is 3.95. The van der Waals surface area contributed by atoms with Crippen LogP contribution in [0.25, 0.3) is 11.1 Å². The molecule has 3 aromatic rings. The maximum atomic E-state index is 6.11. The van der Waals surface area contributed by atoms with E-state index in [-0.39, 0.29) is 5.95 Å². The van der Waals surface area contributed by atoms with Crippen LogP contribution in [0.2, 0.25) is 0 Å². The summed E-state index contributed by atoms with van der Waals surface area (Å²) in [6.07, 6.45) is 2.72. The number of hydrogen-bond donors (Lipinski definition) is 3. The molecule has 0 radical (unpaired) electrons. The Morgan fingerprint density at radius 2 is 1.46 bits per heavy atom. The fourth-order valence-electron chi connectivity index (χ4n) is 2.80. The molecule has 24 heavy (non-hydrogen) atoms. The molecular weight excluding hydrogens is 298 g/mol. The largest absolute Gasteiger partial charge is 0.399 e. The van der Waals surface area contributed by atoms with Gasteiger partial charge in [0, 0.05) is 11.3 Å². The molecule has 0 aliphatic heterocycles. The summed E-state index contributed by atoms with van der Waals surface area (Å²) in [7, 11) is 0. The van der Waals surface area contributed by atoms with Crippen LogP contribution >= 0.6 is 0 Å². The van der Waals surface area contributed by atoms with Crippen molar-refractivity contribution in [1.29, 1.82) is 0 Å². The minimum absolute atomic E-state index is 0.210. The van der Waals surface area contributed by atoms with Gasteiger partial charge in [0.15, 0.2) is 0 Å². The summed E-state index contributed by atoms with van der Waals surface area (Å²) in [4.78, 5) is 8.53. The van der Waals surface area contributed by atoms with E-state index in [4.69, 9.17) is 17.2 Å². The van der Waals surface area contributed by atoms with Crippen LogP contribution in [0.3, 0.4) is 0 Å². The van der Waals surface area contributed by atoms with Crippen molar-refractivity contribution in [2.75, 3.05) is 17.2 Å². The summed E-state index contributed by atoms with van der Waals surface area (Å²) < 4.78 is 0. The van der Waals surface area contributed by atoms with Crippen LogP contribution in [0, 0.1) is 0 Å². The molecule has 0 amide bonds. The van der Waals surface area contributed by atoms with E-state index in [1.807, 2.05) is 30.3 Å². The Morgan fingerprint density at radius 3 is 2.17 bits per heavy atom. The Balaban J connectivity index is 1.85. The first kappa shape index (κ1) is 15.8. The van der Waals surface area contributed by atoms with Crippen molar-refractivity contribution >= 4 is 17.5 Å². The summed E-state index contributed by atoms with van der Waals surface area (Å²) in [5, 5.41) is 0. The first-order valence-electron chi connectivity index (χ1n) is 7.95. The maximum Gasteiger partial charge on any atom is 0.222 e. The third-order valence-electron chi connectivity index (χ3n) is 3.95. The molecule has 3 rings (SSSR count). The van der Waals surface area contributed by atoms with Crippen molar-refractivity contribution in [1.82, 2.24) is 9.97 Å². The average molecular weight is 319 g/mol. The molecule has 5 nitrogen and oxygen atoms in total. The number of nitrogen functional groups attached to an aromatic ring is 3. The highest BCUT2D eigenvalue weighted by Gasteiger charge is 2.13. The first-order chi connectivity index (χ1) is 11.6. The van der Waals surface area contributed by atoms with Gasteiger partial charge in [0.2, 0.25) is 5.95 Å².